The van der Waals surface area contributed by atoms with Crippen molar-refractivity contribution in [1.29, 1.82) is 0 Å². The second-order valence-electron chi connectivity index (χ2n) is 12.0. The van der Waals surface area contributed by atoms with Gasteiger partial charge in [-0.3, -0.25) is 4.90 Å². The standard InChI is InChI=1S/C34H38N4O3/c1-34(2,3)41-33(39)30-12-11-25(21-31(30)40-29-20-26-13-16-35-32(26)36-22-29)24-14-18-37(19-15-24)23-28-10-7-17-38(28)27-8-5-4-6-9-27/h4-6,8-9,11-14,16,20-22,28H,7,10,15,17-19,23H2,1-3H3,(H,35,36). The number of carbonyl (C=O) groups excluding carboxylic acids is 1. The maximum Gasteiger partial charge on any atom is 0.342 e. The summed E-state index contributed by atoms with van der Waals surface area (Å²) < 4.78 is 12.0. The molecule has 2 aromatic carbocycles. The van der Waals surface area contributed by atoms with Crippen LogP contribution in [0.5, 0.6) is 11.5 Å². The van der Waals surface area contributed by atoms with Gasteiger partial charge in [-0.2, -0.15) is 0 Å². The van der Waals surface area contributed by atoms with Crippen LogP contribution in [0.15, 0.2) is 79.1 Å². The van der Waals surface area contributed by atoms with Crippen molar-refractivity contribution in [3.8, 4) is 11.5 Å². The van der Waals surface area contributed by atoms with Crippen molar-refractivity contribution >= 4 is 28.3 Å². The van der Waals surface area contributed by atoms with Crippen molar-refractivity contribution in [1.82, 2.24) is 14.9 Å². The third-order valence-corrected chi connectivity index (χ3v) is 7.80. The van der Waals surface area contributed by atoms with Crippen LogP contribution in [0.25, 0.3) is 16.6 Å². The molecule has 0 aliphatic carbocycles. The molecule has 7 nitrogen and oxygen atoms in total. The zero-order valence-electron chi connectivity index (χ0n) is 24.1. The van der Waals surface area contributed by atoms with E-state index in [-0.39, 0.29) is 0 Å². The molecule has 4 heterocycles. The van der Waals surface area contributed by atoms with Gasteiger partial charge in [0, 0.05) is 49.5 Å². The molecule has 212 valence electrons. The zero-order chi connectivity index (χ0) is 28.4. The maximum absolute atomic E-state index is 13.1. The fourth-order valence-corrected chi connectivity index (χ4v) is 5.83. The van der Waals surface area contributed by atoms with Gasteiger partial charge in [0.2, 0.25) is 0 Å². The second kappa shape index (κ2) is 11.4. The van der Waals surface area contributed by atoms with Gasteiger partial charge < -0.3 is 19.4 Å². The predicted molar refractivity (Wildman–Crippen MR) is 164 cm³/mol. The van der Waals surface area contributed by atoms with E-state index >= 15 is 0 Å². The molecule has 0 amide bonds. The average Bonchev–Trinajstić information content (AvgIpc) is 3.62. The van der Waals surface area contributed by atoms with Crippen LogP contribution in [-0.4, -0.2) is 58.7 Å². The summed E-state index contributed by atoms with van der Waals surface area (Å²) in [6.07, 6.45) is 9.26. The number of aromatic nitrogens is 2. The number of carbonyl (C=O) groups is 1. The molecule has 2 aliphatic rings. The van der Waals surface area contributed by atoms with Gasteiger partial charge in [-0.1, -0.05) is 30.3 Å². The predicted octanol–water partition coefficient (Wildman–Crippen LogP) is 7.07. The Morgan fingerprint density at radius 2 is 1.93 bits per heavy atom. The third-order valence-electron chi connectivity index (χ3n) is 7.80. The summed E-state index contributed by atoms with van der Waals surface area (Å²) >= 11 is 0. The lowest BCUT2D eigenvalue weighted by Gasteiger charge is -2.33. The molecule has 0 saturated carbocycles. The summed E-state index contributed by atoms with van der Waals surface area (Å²) in [6.45, 7) is 9.71. The Bertz CT molecular complexity index is 1550. The minimum absolute atomic E-state index is 0.401. The van der Waals surface area contributed by atoms with Crippen LogP contribution in [0.2, 0.25) is 0 Å². The van der Waals surface area contributed by atoms with Gasteiger partial charge in [0.15, 0.2) is 0 Å². The molecule has 1 unspecified atom stereocenters. The Kier molecular flexibility index (Phi) is 7.54. The monoisotopic (exact) mass is 550 g/mol. The summed E-state index contributed by atoms with van der Waals surface area (Å²) in [5, 5.41) is 0.945. The highest BCUT2D eigenvalue weighted by atomic mass is 16.6. The number of fused-ring (bicyclic) bond motifs is 1. The van der Waals surface area contributed by atoms with E-state index in [0.717, 1.165) is 49.2 Å². The molecule has 0 bridgehead atoms. The number of ether oxygens (including phenoxy) is 2. The fourth-order valence-electron chi connectivity index (χ4n) is 5.83. The molecule has 2 aromatic heterocycles. The first kappa shape index (κ1) is 27.1. The number of nitrogens with zero attached hydrogens (tertiary/aromatic N) is 3. The number of hydrogen-bond donors (Lipinski definition) is 1. The maximum atomic E-state index is 13.1. The molecule has 6 rings (SSSR count). The number of nitrogens with one attached hydrogen (secondary N) is 1. The van der Waals surface area contributed by atoms with Crippen LogP contribution in [-0.2, 0) is 4.74 Å². The Labute approximate surface area is 241 Å². The largest absolute Gasteiger partial charge is 0.456 e. The van der Waals surface area contributed by atoms with Crippen LogP contribution in [0.3, 0.4) is 0 Å². The highest BCUT2D eigenvalue weighted by Gasteiger charge is 2.28. The van der Waals surface area contributed by atoms with E-state index in [1.54, 1.807) is 6.20 Å². The van der Waals surface area contributed by atoms with Crippen LogP contribution in [0.1, 0.15) is 56.0 Å². The Morgan fingerprint density at radius 1 is 1.07 bits per heavy atom. The van der Waals surface area contributed by atoms with Gasteiger partial charge in [0.1, 0.15) is 28.3 Å². The van der Waals surface area contributed by atoms with Crippen molar-refractivity contribution in [3.63, 3.8) is 0 Å². The van der Waals surface area contributed by atoms with Crippen LogP contribution >= 0.6 is 0 Å². The lowest BCUT2D eigenvalue weighted by molar-refractivity contribution is 0.00671. The summed E-state index contributed by atoms with van der Waals surface area (Å²) in [7, 11) is 0. The van der Waals surface area contributed by atoms with E-state index in [9.17, 15) is 4.79 Å². The average molecular weight is 551 g/mol. The van der Waals surface area contributed by atoms with Gasteiger partial charge in [0.25, 0.3) is 0 Å². The van der Waals surface area contributed by atoms with E-state index in [1.807, 2.05) is 57.3 Å². The number of pyridine rings is 1. The third kappa shape index (κ3) is 6.30. The SMILES string of the molecule is CC(C)(C)OC(=O)c1ccc(C2=CCN(CC3CCCN3c3ccccc3)CC2)cc1Oc1cnc2[nH]ccc2c1. The number of hydrogen-bond acceptors (Lipinski definition) is 6. The molecule has 41 heavy (non-hydrogen) atoms. The van der Waals surface area contributed by atoms with Crippen LogP contribution in [0.4, 0.5) is 5.69 Å². The normalized spacial score (nSPS) is 18.0. The first-order valence-electron chi connectivity index (χ1n) is 14.5. The smallest absolute Gasteiger partial charge is 0.342 e. The first-order chi connectivity index (χ1) is 19.8. The number of aromatic amines is 1. The highest BCUT2D eigenvalue weighted by molar-refractivity contribution is 5.93. The number of anilines is 1. The Balaban J connectivity index is 1.20. The molecular weight excluding hydrogens is 512 g/mol. The number of para-hydroxylation sites is 1. The number of esters is 1. The minimum atomic E-state index is -0.608. The number of H-pyrrole nitrogens is 1. The molecule has 7 heteroatoms. The zero-order valence-corrected chi connectivity index (χ0v) is 24.1. The second-order valence-corrected chi connectivity index (χ2v) is 12.0. The Hall–Kier alpha value is -4.10. The van der Waals surface area contributed by atoms with Gasteiger partial charge in [-0.25, -0.2) is 9.78 Å². The summed E-state index contributed by atoms with van der Waals surface area (Å²) in [4.78, 5) is 25.8. The summed E-state index contributed by atoms with van der Waals surface area (Å²) in [6, 6.07) is 21.0. The molecule has 1 atom stereocenters. The van der Waals surface area contributed by atoms with E-state index < -0.39 is 11.6 Å². The lowest BCUT2D eigenvalue weighted by Crippen LogP contribution is -2.42. The van der Waals surface area contributed by atoms with Crippen molar-refractivity contribution in [3.05, 3.63) is 90.3 Å². The van der Waals surface area contributed by atoms with E-state index in [2.05, 4.69) is 56.2 Å². The fraction of sp³-hybridized carbons (Fsp3) is 0.353. The topological polar surface area (TPSA) is 70.7 Å². The van der Waals surface area contributed by atoms with E-state index in [1.165, 1.54) is 24.1 Å². The molecular formula is C34H38N4O3. The van der Waals surface area contributed by atoms with Crippen molar-refractivity contribution in [2.75, 3.05) is 31.1 Å². The van der Waals surface area contributed by atoms with Crippen LogP contribution < -0.4 is 9.64 Å². The van der Waals surface area contributed by atoms with Crippen LogP contribution in [0, 0.1) is 0 Å². The van der Waals surface area contributed by atoms with Crippen molar-refractivity contribution in [2.45, 2.75) is 51.7 Å². The van der Waals surface area contributed by atoms with Gasteiger partial charge in [-0.15, -0.1) is 0 Å². The quantitative estimate of drug-likeness (QED) is 0.248. The van der Waals surface area contributed by atoms with E-state index in [4.69, 9.17) is 9.47 Å². The van der Waals surface area contributed by atoms with Gasteiger partial charge in [-0.05, 0) is 87.6 Å². The van der Waals surface area contributed by atoms with Crippen molar-refractivity contribution in [2.24, 2.45) is 0 Å². The molecule has 0 radical (unpaired) electrons. The summed E-state index contributed by atoms with van der Waals surface area (Å²) in [5.41, 5.74) is 4.25. The number of rotatable bonds is 7. The van der Waals surface area contributed by atoms with E-state index in [0.29, 0.717) is 23.1 Å². The summed E-state index contributed by atoms with van der Waals surface area (Å²) in [5.74, 6) is 0.640. The minimum Gasteiger partial charge on any atom is -0.456 e. The lowest BCUT2D eigenvalue weighted by atomic mass is 9.97. The molecule has 1 fully saturated rings. The molecule has 1 N–H and O–H groups in total. The van der Waals surface area contributed by atoms with Gasteiger partial charge >= 0.3 is 5.97 Å². The first-order valence-corrected chi connectivity index (χ1v) is 14.5. The van der Waals surface area contributed by atoms with Crippen molar-refractivity contribution < 1.29 is 14.3 Å². The highest BCUT2D eigenvalue weighted by Crippen LogP contribution is 2.34. The molecule has 0 spiro atoms. The van der Waals surface area contributed by atoms with Gasteiger partial charge in [0.05, 0.1) is 6.20 Å². The molecule has 4 aromatic rings. The molecule has 1 saturated heterocycles. The molecule has 2 aliphatic heterocycles. The Morgan fingerprint density at radius 3 is 2.71 bits per heavy atom. The number of benzene rings is 2.